The van der Waals surface area contributed by atoms with Crippen molar-refractivity contribution in [3.63, 3.8) is 0 Å². The number of rotatable bonds is 2. The van der Waals surface area contributed by atoms with E-state index >= 15 is 0 Å². The topological polar surface area (TPSA) is 71.8 Å². The molecule has 2 rings (SSSR count). The van der Waals surface area contributed by atoms with Gasteiger partial charge in [-0.15, -0.1) is 0 Å². The van der Waals surface area contributed by atoms with Crippen LogP contribution in [0.5, 0.6) is 0 Å². The Morgan fingerprint density at radius 3 is 2.53 bits per heavy atom. The summed E-state index contributed by atoms with van der Waals surface area (Å²) in [5, 5.41) is 0.617. The second-order valence-corrected chi connectivity index (χ2v) is 3.82. The Hall–Kier alpha value is -1.79. The lowest BCUT2D eigenvalue weighted by molar-refractivity contribution is 0.244. The van der Waals surface area contributed by atoms with E-state index in [0.717, 1.165) is 0 Å². The molecular weight excluding hydrogens is 265 g/mol. The maximum Gasteiger partial charge on any atom is 0.345 e. The fourth-order valence-electron chi connectivity index (χ4n) is 1.09. The lowest BCUT2D eigenvalue weighted by atomic mass is 10.4. The largest absolute Gasteiger partial charge is 0.345 e. The van der Waals surface area contributed by atoms with Crippen LogP contribution in [0.3, 0.4) is 0 Å². The fourth-order valence-corrected chi connectivity index (χ4v) is 1.55. The monoisotopic (exact) mass is 271 g/mol. The van der Waals surface area contributed by atoms with E-state index in [1.54, 1.807) is 0 Å². The van der Waals surface area contributed by atoms with Gasteiger partial charge in [0.1, 0.15) is 6.33 Å². The summed E-state index contributed by atoms with van der Waals surface area (Å²) >= 11 is 11.7. The van der Waals surface area contributed by atoms with Gasteiger partial charge in [-0.05, 0) is 0 Å². The molecule has 0 aromatic carbocycles. The van der Waals surface area contributed by atoms with Crippen molar-refractivity contribution in [1.29, 1.82) is 0 Å². The van der Waals surface area contributed by atoms with Gasteiger partial charge in [-0.2, -0.15) is 0 Å². The van der Waals surface area contributed by atoms with Crippen molar-refractivity contribution in [2.45, 2.75) is 0 Å². The van der Waals surface area contributed by atoms with Crippen molar-refractivity contribution in [2.75, 3.05) is 5.43 Å². The number of hydrogen-bond acceptors (Lipinski definition) is 4. The normalized spacial score (nSPS) is 10.0. The molecule has 2 N–H and O–H groups in total. The van der Waals surface area contributed by atoms with Crippen LogP contribution in [0, 0.1) is 0 Å². The minimum Gasteiger partial charge on any atom is -0.294 e. The van der Waals surface area contributed by atoms with Gasteiger partial charge < -0.3 is 0 Å². The van der Waals surface area contributed by atoms with Crippen molar-refractivity contribution in [3.05, 3.63) is 41.2 Å². The highest BCUT2D eigenvalue weighted by molar-refractivity contribution is 6.38. The van der Waals surface area contributed by atoms with E-state index in [1.807, 2.05) is 0 Å². The van der Waals surface area contributed by atoms with E-state index in [2.05, 4.69) is 20.8 Å². The zero-order valence-corrected chi connectivity index (χ0v) is 9.90. The molecule has 0 aliphatic heterocycles. The first-order chi connectivity index (χ1) is 8.18. The Labute approximate surface area is 107 Å². The summed E-state index contributed by atoms with van der Waals surface area (Å²) in [6.45, 7) is 0. The van der Waals surface area contributed by atoms with Gasteiger partial charge in [0, 0.05) is 24.8 Å². The quantitative estimate of drug-likeness (QED) is 0.822. The molecule has 17 heavy (non-hydrogen) atoms. The molecule has 0 atom stereocenters. The zero-order valence-electron chi connectivity index (χ0n) is 8.39. The van der Waals surface area contributed by atoms with E-state index in [9.17, 15) is 4.79 Å². The molecule has 1 amide bonds. The average Bonchev–Trinajstić information content (AvgIpc) is 2.81. The molecule has 0 saturated heterocycles. The van der Waals surface area contributed by atoms with Crippen LogP contribution in [0.25, 0.3) is 0 Å². The van der Waals surface area contributed by atoms with Gasteiger partial charge in [0.25, 0.3) is 0 Å². The minimum absolute atomic E-state index is 0.309. The number of pyridine rings is 1. The number of carbonyl (C=O) groups excluding carboxylic acids is 1. The molecule has 0 aliphatic carbocycles. The van der Waals surface area contributed by atoms with Crippen LogP contribution in [0.4, 0.5) is 10.5 Å². The maximum atomic E-state index is 11.5. The number of nitrogens with zero attached hydrogens (tertiary/aromatic N) is 3. The van der Waals surface area contributed by atoms with Crippen LogP contribution in [0.15, 0.2) is 31.1 Å². The first-order valence-corrected chi connectivity index (χ1v) is 5.27. The summed E-state index contributed by atoms with van der Waals surface area (Å²) in [6, 6.07) is -0.411. The summed E-state index contributed by atoms with van der Waals surface area (Å²) in [6.07, 6.45) is 7.20. The number of nitrogens with one attached hydrogen (secondary N) is 2. The number of hydrazine groups is 1. The van der Waals surface area contributed by atoms with E-state index in [1.165, 1.54) is 35.7 Å². The SMILES string of the molecule is O=C(NNc1c(Cl)cncc1Cl)n1ccnc1. The number of hydrogen-bond donors (Lipinski definition) is 2. The molecule has 0 aliphatic rings. The second-order valence-electron chi connectivity index (χ2n) is 3.00. The molecule has 2 aromatic heterocycles. The Morgan fingerprint density at radius 2 is 1.94 bits per heavy atom. The summed E-state index contributed by atoms with van der Waals surface area (Å²) < 4.78 is 1.26. The molecule has 0 bridgehead atoms. The van der Waals surface area contributed by atoms with Crippen LogP contribution in [-0.2, 0) is 0 Å². The molecule has 0 radical (unpaired) electrons. The predicted molar refractivity (Wildman–Crippen MR) is 64.0 cm³/mol. The Bertz CT molecular complexity index is 508. The van der Waals surface area contributed by atoms with Gasteiger partial charge in [-0.3, -0.25) is 20.4 Å². The van der Waals surface area contributed by atoms with Gasteiger partial charge in [0.2, 0.25) is 0 Å². The highest BCUT2D eigenvalue weighted by Gasteiger charge is 2.07. The van der Waals surface area contributed by atoms with E-state index in [4.69, 9.17) is 23.2 Å². The van der Waals surface area contributed by atoms with Crippen LogP contribution < -0.4 is 10.9 Å². The second kappa shape index (κ2) is 5.03. The van der Waals surface area contributed by atoms with Crippen molar-refractivity contribution in [2.24, 2.45) is 0 Å². The molecule has 0 unspecified atom stereocenters. The smallest absolute Gasteiger partial charge is 0.294 e. The van der Waals surface area contributed by atoms with Crippen LogP contribution >= 0.6 is 23.2 Å². The van der Waals surface area contributed by atoms with Crippen LogP contribution in [0.1, 0.15) is 0 Å². The van der Waals surface area contributed by atoms with Gasteiger partial charge in [-0.1, -0.05) is 23.2 Å². The standard InChI is InChI=1S/C9H7Cl2N5O/c10-6-3-13-4-7(11)8(6)14-15-9(17)16-2-1-12-5-16/h1-5H,(H,13,14)(H,15,17). The lowest BCUT2D eigenvalue weighted by Crippen LogP contribution is -2.32. The lowest BCUT2D eigenvalue weighted by Gasteiger charge is -2.10. The highest BCUT2D eigenvalue weighted by atomic mass is 35.5. The summed E-state index contributed by atoms with van der Waals surface area (Å²) in [7, 11) is 0. The minimum atomic E-state index is -0.411. The first-order valence-electron chi connectivity index (χ1n) is 4.52. The highest BCUT2D eigenvalue weighted by Crippen LogP contribution is 2.27. The number of aromatic nitrogens is 3. The summed E-state index contributed by atoms with van der Waals surface area (Å²) in [4.78, 5) is 19.1. The third-order valence-electron chi connectivity index (χ3n) is 1.89. The molecule has 0 spiro atoms. The van der Waals surface area contributed by atoms with Crippen molar-refractivity contribution in [1.82, 2.24) is 20.0 Å². The number of carbonyl (C=O) groups is 1. The molecule has 6 nitrogen and oxygen atoms in total. The Kier molecular flexibility index (Phi) is 3.46. The van der Waals surface area contributed by atoms with Gasteiger partial charge in [-0.25, -0.2) is 9.78 Å². The fraction of sp³-hybridized carbons (Fsp3) is 0. The van der Waals surface area contributed by atoms with E-state index in [-0.39, 0.29) is 0 Å². The third kappa shape index (κ3) is 2.66. The third-order valence-corrected chi connectivity index (χ3v) is 2.46. The number of halogens is 2. The van der Waals surface area contributed by atoms with Gasteiger partial charge in [0.15, 0.2) is 0 Å². The zero-order chi connectivity index (χ0) is 12.3. The average molecular weight is 272 g/mol. The summed E-state index contributed by atoms with van der Waals surface area (Å²) in [5.41, 5.74) is 5.42. The first kappa shape index (κ1) is 11.7. The van der Waals surface area contributed by atoms with Gasteiger partial charge >= 0.3 is 6.03 Å². The molecule has 8 heteroatoms. The molecular formula is C9H7Cl2N5O. The van der Waals surface area contributed by atoms with Crippen molar-refractivity contribution >= 4 is 34.9 Å². The predicted octanol–water partition coefficient (Wildman–Crippen LogP) is 2.17. The molecule has 88 valence electrons. The number of amides is 1. The molecule has 0 saturated carbocycles. The molecule has 2 heterocycles. The van der Waals surface area contributed by atoms with Crippen LogP contribution in [0.2, 0.25) is 10.0 Å². The van der Waals surface area contributed by atoms with Crippen LogP contribution in [-0.4, -0.2) is 20.6 Å². The molecule has 2 aromatic rings. The Morgan fingerprint density at radius 1 is 1.24 bits per heavy atom. The van der Waals surface area contributed by atoms with Crippen molar-refractivity contribution in [3.8, 4) is 0 Å². The number of anilines is 1. The van der Waals surface area contributed by atoms with E-state index in [0.29, 0.717) is 15.7 Å². The Balaban J connectivity index is 2.06. The number of imidazole rings is 1. The maximum absolute atomic E-state index is 11.5. The molecule has 0 fully saturated rings. The van der Waals surface area contributed by atoms with Gasteiger partial charge in [0.05, 0.1) is 15.7 Å². The van der Waals surface area contributed by atoms with Crippen molar-refractivity contribution < 1.29 is 4.79 Å². The van der Waals surface area contributed by atoms with E-state index < -0.39 is 6.03 Å². The summed E-state index contributed by atoms with van der Waals surface area (Å²) in [5.74, 6) is 0.